The summed E-state index contributed by atoms with van der Waals surface area (Å²) in [5.41, 5.74) is 6.77. The maximum absolute atomic E-state index is 12.2. The fraction of sp³-hybridized carbons (Fsp3) is 0.105. The Balaban J connectivity index is 1.80. The summed E-state index contributed by atoms with van der Waals surface area (Å²) in [5, 5.41) is 8.64. The normalized spacial score (nSPS) is 11.0. The lowest BCUT2D eigenvalue weighted by molar-refractivity contribution is 0.0954. The molecular weight excluding hydrogens is 380 g/mol. The van der Waals surface area contributed by atoms with Crippen molar-refractivity contribution in [2.24, 2.45) is 5.10 Å². The molecule has 0 fully saturated rings. The third-order valence-corrected chi connectivity index (χ3v) is 4.52. The Morgan fingerprint density at radius 1 is 1.12 bits per heavy atom. The van der Waals surface area contributed by atoms with E-state index in [4.69, 9.17) is 0 Å². The highest BCUT2D eigenvalue weighted by atomic mass is 79.9. The minimum absolute atomic E-state index is 0.269. The van der Waals surface area contributed by atoms with Gasteiger partial charge in [-0.3, -0.25) is 4.79 Å². The van der Waals surface area contributed by atoms with E-state index >= 15 is 0 Å². The Labute approximate surface area is 154 Å². The van der Waals surface area contributed by atoms with Gasteiger partial charge in [0.15, 0.2) is 0 Å². The standard InChI is InChI=1S/C19H17BrN4O/c1-13-17(14(2)24(23-13)15-8-4-3-5-9-15)12-21-22-19(25)16-10-6-7-11-18(16)20/h3-12H,1-2H3,(H,22,25). The maximum atomic E-state index is 12.2. The lowest BCUT2D eigenvalue weighted by atomic mass is 10.2. The number of carbonyl (C=O) groups excluding carboxylic acids is 1. The highest BCUT2D eigenvalue weighted by Crippen LogP contribution is 2.17. The Morgan fingerprint density at radius 3 is 2.52 bits per heavy atom. The van der Waals surface area contributed by atoms with Crippen molar-refractivity contribution < 1.29 is 4.79 Å². The van der Waals surface area contributed by atoms with E-state index < -0.39 is 0 Å². The van der Waals surface area contributed by atoms with E-state index in [0.717, 1.165) is 27.1 Å². The van der Waals surface area contributed by atoms with Crippen LogP contribution in [-0.2, 0) is 0 Å². The molecule has 0 atom stereocenters. The van der Waals surface area contributed by atoms with E-state index in [-0.39, 0.29) is 5.91 Å². The Hall–Kier alpha value is -2.73. The van der Waals surface area contributed by atoms with Crippen molar-refractivity contribution in [1.82, 2.24) is 15.2 Å². The number of hydrogen-bond donors (Lipinski definition) is 1. The smallest absolute Gasteiger partial charge is 0.267 e. The van der Waals surface area contributed by atoms with Crippen LogP contribution in [0.15, 0.2) is 64.2 Å². The van der Waals surface area contributed by atoms with Crippen LogP contribution in [0.4, 0.5) is 0 Å². The molecule has 1 aromatic heterocycles. The summed E-state index contributed by atoms with van der Waals surface area (Å²) in [4.78, 5) is 12.2. The van der Waals surface area contributed by atoms with Crippen LogP contribution in [0.5, 0.6) is 0 Å². The number of carbonyl (C=O) groups is 1. The molecule has 3 rings (SSSR count). The first-order chi connectivity index (χ1) is 12.1. The van der Waals surface area contributed by atoms with Crippen LogP contribution in [0.25, 0.3) is 5.69 Å². The summed E-state index contributed by atoms with van der Waals surface area (Å²) < 4.78 is 2.60. The zero-order valence-corrected chi connectivity index (χ0v) is 15.5. The fourth-order valence-electron chi connectivity index (χ4n) is 2.52. The number of nitrogens with one attached hydrogen (secondary N) is 1. The lowest BCUT2D eigenvalue weighted by Crippen LogP contribution is -2.18. The summed E-state index contributed by atoms with van der Waals surface area (Å²) in [6, 6.07) is 17.1. The zero-order valence-electron chi connectivity index (χ0n) is 13.9. The number of hydrogen-bond acceptors (Lipinski definition) is 3. The average molecular weight is 397 g/mol. The number of hydrazone groups is 1. The van der Waals surface area contributed by atoms with Gasteiger partial charge in [-0.05, 0) is 54.0 Å². The zero-order chi connectivity index (χ0) is 17.8. The van der Waals surface area contributed by atoms with Crippen LogP contribution in [0.1, 0.15) is 27.3 Å². The highest BCUT2D eigenvalue weighted by Gasteiger charge is 2.12. The second-order valence-electron chi connectivity index (χ2n) is 5.51. The number of aryl methyl sites for hydroxylation is 1. The molecule has 0 bridgehead atoms. The molecule has 2 aromatic carbocycles. The van der Waals surface area contributed by atoms with E-state index in [1.54, 1.807) is 12.3 Å². The molecule has 1 amide bonds. The first kappa shape index (κ1) is 17.1. The molecular formula is C19H17BrN4O. The molecule has 0 aliphatic rings. The monoisotopic (exact) mass is 396 g/mol. The van der Waals surface area contributed by atoms with Crippen LogP contribution in [0.3, 0.4) is 0 Å². The molecule has 126 valence electrons. The van der Waals surface area contributed by atoms with Crippen LogP contribution < -0.4 is 5.43 Å². The number of halogens is 1. The molecule has 0 saturated heterocycles. The minimum Gasteiger partial charge on any atom is -0.267 e. The molecule has 5 nitrogen and oxygen atoms in total. The fourth-order valence-corrected chi connectivity index (χ4v) is 2.99. The quantitative estimate of drug-likeness (QED) is 0.534. The Bertz CT molecular complexity index is 932. The molecule has 1 N–H and O–H groups in total. The van der Waals surface area contributed by atoms with E-state index in [9.17, 15) is 4.79 Å². The summed E-state index contributed by atoms with van der Waals surface area (Å²) in [7, 11) is 0. The van der Waals surface area contributed by atoms with Gasteiger partial charge in [-0.2, -0.15) is 10.2 Å². The molecule has 3 aromatic rings. The van der Waals surface area contributed by atoms with E-state index in [2.05, 4.69) is 31.6 Å². The highest BCUT2D eigenvalue weighted by molar-refractivity contribution is 9.10. The number of aromatic nitrogens is 2. The van der Waals surface area contributed by atoms with Crippen molar-refractivity contribution in [3.05, 3.63) is 81.6 Å². The number of rotatable bonds is 4. The summed E-state index contributed by atoms with van der Waals surface area (Å²) >= 11 is 3.36. The second-order valence-corrected chi connectivity index (χ2v) is 6.37. The Morgan fingerprint density at radius 2 is 1.80 bits per heavy atom. The molecule has 0 unspecified atom stereocenters. The van der Waals surface area contributed by atoms with Crippen molar-refractivity contribution in [1.29, 1.82) is 0 Å². The molecule has 0 aliphatic heterocycles. The predicted octanol–water partition coefficient (Wildman–Crippen LogP) is 4.02. The van der Waals surface area contributed by atoms with Crippen molar-refractivity contribution in [2.75, 3.05) is 0 Å². The molecule has 25 heavy (non-hydrogen) atoms. The summed E-state index contributed by atoms with van der Waals surface area (Å²) in [5.74, 6) is -0.269. The predicted molar refractivity (Wildman–Crippen MR) is 102 cm³/mol. The molecule has 0 radical (unpaired) electrons. The third-order valence-electron chi connectivity index (χ3n) is 3.83. The number of benzene rings is 2. The van der Waals surface area contributed by atoms with Gasteiger partial charge in [0.1, 0.15) is 0 Å². The largest absolute Gasteiger partial charge is 0.272 e. The van der Waals surface area contributed by atoms with E-state index in [1.807, 2.05) is 67.1 Å². The Kier molecular flexibility index (Phi) is 5.09. The SMILES string of the molecule is Cc1nn(-c2ccccc2)c(C)c1C=NNC(=O)c1ccccc1Br. The van der Waals surface area contributed by atoms with Crippen LogP contribution in [0.2, 0.25) is 0 Å². The van der Waals surface area contributed by atoms with Crippen LogP contribution >= 0.6 is 15.9 Å². The average Bonchev–Trinajstić information content (AvgIpc) is 2.91. The second kappa shape index (κ2) is 7.44. The van der Waals surface area contributed by atoms with Crippen LogP contribution in [0, 0.1) is 13.8 Å². The van der Waals surface area contributed by atoms with Gasteiger partial charge >= 0.3 is 0 Å². The third kappa shape index (κ3) is 3.69. The summed E-state index contributed by atoms with van der Waals surface area (Å²) in [6.45, 7) is 3.90. The van der Waals surface area contributed by atoms with Gasteiger partial charge in [0, 0.05) is 10.0 Å². The minimum atomic E-state index is -0.269. The van der Waals surface area contributed by atoms with Gasteiger partial charge in [0.2, 0.25) is 0 Å². The van der Waals surface area contributed by atoms with Crippen molar-refractivity contribution in [3.8, 4) is 5.69 Å². The van der Waals surface area contributed by atoms with E-state index in [1.165, 1.54) is 0 Å². The number of nitrogens with zero attached hydrogens (tertiary/aromatic N) is 3. The van der Waals surface area contributed by atoms with Crippen LogP contribution in [-0.4, -0.2) is 21.9 Å². The van der Waals surface area contributed by atoms with Gasteiger partial charge in [-0.15, -0.1) is 0 Å². The van der Waals surface area contributed by atoms with E-state index in [0.29, 0.717) is 5.56 Å². The molecule has 0 saturated carbocycles. The van der Waals surface area contributed by atoms with Crippen molar-refractivity contribution >= 4 is 28.1 Å². The number of amides is 1. The first-order valence-electron chi connectivity index (χ1n) is 7.77. The van der Waals surface area contributed by atoms with Gasteiger partial charge in [-0.25, -0.2) is 10.1 Å². The number of para-hydroxylation sites is 1. The topological polar surface area (TPSA) is 59.3 Å². The van der Waals surface area contributed by atoms with Gasteiger partial charge in [-0.1, -0.05) is 30.3 Å². The first-order valence-corrected chi connectivity index (χ1v) is 8.57. The van der Waals surface area contributed by atoms with Crippen molar-refractivity contribution in [3.63, 3.8) is 0 Å². The van der Waals surface area contributed by atoms with Gasteiger partial charge < -0.3 is 0 Å². The van der Waals surface area contributed by atoms with Gasteiger partial charge in [0.05, 0.1) is 28.9 Å². The molecule has 0 spiro atoms. The van der Waals surface area contributed by atoms with Gasteiger partial charge in [0.25, 0.3) is 5.91 Å². The lowest BCUT2D eigenvalue weighted by Gasteiger charge is -2.04. The summed E-state index contributed by atoms with van der Waals surface area (Å²) in [6.07, 6.45) is 1.63. The molecule has 1 heterocycles. The molecule has 6 heteroatoms. The molecule has 0 aliphatic carbocycles. The van der Waals surface area contributed by atoms with Crippen molar-refractivity contribution in [2.45, 2.75) is 13.8 Å². The maximum Gasteiger partial charge on any atom is 0.272 e.